The van der Waals surface area contributed by atoms with Crippen molar-refractivity contribution in [1.29, 1.82) is 0 Å². The van der Waals surface area contributed by atoms with Crippen LogP contribution < -0.4 is 14.8 Å². The first-order valence-corrected chi connectivity index (χ1v) is 7.56. The van der Waals surface area contributed by atoms with Crippen LogP contribution in [0.1, 0.15) is 18.9 Å². The van der Waals surface area contributed by atoms with Crippen molar-refractivity contribution in [2.45, 2.75) is 19.9 Å². The van der Waals surface area contributed by atoms with Gasteiger partial charge in [-0.3, -0.25) is 4.31 Å². The van der Waals surface area contributed by atoms with Gasteiger partial charge in [-0.2, -0.15) is 8.42 Å². The highest BCUT2D eigenvalue weighted by atomic mass is 32.2. The Hall–Kier alpha value is -1.80. The molecule has 0 fully saturated rings. The number of nitrogens with zero attached hydrogens (tertiary/aromatic N) is 1. The first-order chi connectivity index (χ1) is 9.44. The summed E-state index contributed by atoms with van der Waals surface area (Å²) in [6.45, 7) is 2.46. The van der Waals surface area contributed by atoms with Crippen LogP contribution in [0.3, 0.4) is 0 Å². The van der Waals surface area contributed by atoms with Crippen LogP contribution in [-0.4, -0.2) is 28.2 Å². The SMILES string of the molecule is CCCN(c1ccc(CN)cc1)S(=O)(=O)NC(=O)OC. The summed E-state index contributed by atoms with van der Waals surface area (Å²) in [7, 11) is -2.89. The standard InChI is InChI=1S/C12H19N3O4S/c1-3-8-15(20(17,18)14-12(16)19-2)11-6-4-10(9-13)5-7-11/h4-7H,3,8-9,13H2,1-2H3,(H,14,16). The Morgan fingerprint density at radius 2 is 1.95 bits per heavy atom. The largest absolute Gasteiger partial charge is 0.452 e. The van der Waals surface area contributed by atoms with Crippen molar-refractivity contribution >= 4 is 22.0 Å². The molecule has 0 heterocycles. The molecule has 0 aliphatic heterocycles. The molecule has 0 aliphatic rings. The van der Waals surface area contributed by atoms with Crippen molar-refractivity contribution in [3.8, 4) is 0 Å². The number of anilines is 1. The van der Waals surface area contributed by atoms with Crippen LogP contribution in [-0.2, 0) is 21.5 Å². The summed E-state index contributed by atoms with van der Waals surface area (Å²) >= 11 is 0. The number of hydrogen-bond donors (Lipinski definition) is 2. The Balaban J connectivity index is 3.05. The quantitative estimate of drug-likeness (QED) is 0.815. The second-order valence-corrected chi connectivity index (χ2v) is 5.64. The van der Waals surface area contributed by atoms with Gasteiger partial charge in [0.1, 0.15) is 0 Å². The molecule has 0 unspecified atom stereocenters. The topological polar surface area (TPSA) is 102 Å². The van der Waals surface area contributed by atoms with Crippen molar-refractivity contribution in [1.82, 2.24) is 4.72 Å². The molecule has 1 rings (SSSR count). The van der Waals surface area contributed by atoms with Gasteiger partial charge in [0.05, 0.1) is 12.8 Å². The van der Waals surface area contributed by atoms with E-state index in [0.29, 0.717) is 18.7 Å². The molecular weight excluding hydrogens is 282 g/mol. The molecule has 112 valence electrons. The third-order valence-electron chi connectivity index (χ3n) is 2.57. The Bertz CT molecular complexity index is 542. The summed E-state index contributed by atoms with van der Waals surface area (Å²) in [5.74, 6) is 0. The maximum absolute atomic E-state index is 12.1. The molecule has 0 saturated heterocycles. The zero-order chi connectivity index (χ0) is 15.2. The summed E-state index contributed by atoms with van der Waals surface area (Å²) in [4.78, 5) is 11.1. The molecule has 1 aromatic rings. The third kappa shape index (κ3) is 4.10. The number of methoxy groups -OCH3 is 1. The summed E-state index contributed by atoms with van der Waals surface area (Å²) in [5.41, 5.74) is 6.85. The fourth-order valence-corrected chi connectivity index (χ4v) is 2.82. The second kappa shape index (κ2) is 7.11. The van der Waals surface area contributed by atoms with Gasteiger partial charge in [0.25, 0.3) is 0 Å². The number of nitrogens with two attached hydrogens (primary N) is 1. The molecule has 0 atom stereocenters. The molecule has 8 heteroatoms. The zero-order valence-electron chi connectivity index (χ0n) is 11.5. The predicted molar refractivity (Wildman–Crippen MR) is 76.4 cm³/mol. The zero-order valence-corrected chi connectivity index (χ0v) is 12.3. The highest BCUT2D eigenvalue weighted by molar-refractivity contribution is 7.91. The molecule has 7 nitrogen and oxygen atoms in total. The Kier molecular flexibility index (Phi) is 5.78. The molecule has 0 radical (unpaired) electrons. The van der Waals surface area contributed by atoms with Crippen LogP contribution in [0, 0.1) is 0 Å². The van der Waals surface area contributed by atoms with Gasteiger partial charge in [0.2, 0.25) is 0 Å². The van der Waals surface area contributed by atoms with Gasteiger partial charge in [-0.05, 0) is 24.1 Å². The predicted octanol–water partition coefficient (Wildman–Crippen LogP) is 0.963. The number of carbonyl (C=O) groups excluding carboxylic acids is 1. The van der Waals surface area contributed by atoms with Gasteiger partial charge in [-0.1, -0.05) is 19.1 Å². The number of ether oxygens (including phenoxy) is 1. The van der Waals surface area contributed by atoms with Crippen LogP contribution in [0.5, 0.6) is 0 Å². The van der Waals surface area contributed by atoms with E-state index in [1.54, 1.807) is 24.3 Å². The van der Waals surface area contributed by atoms with E-state index in [9.17, 15) is 13.2 Å². The molecule has 0 spiro atoms. The number of hydrogen-bond acceptors (Lipinski definition) is 5. The molecular formula is C12H19N3O4S. The second-order valence-electron chi connectivity index (χ2n) is 4.04. The average molecular weight is 301 g/mol. The van der Waals surface area contributed by atoms with Crippen molar-refractivity contribution < 1.29 is 17.9 Å². The van der Waals surface area contributed by atoms with E-state index in [1.165, 1.54) is 0 Å². The maximum Gasteiger partial charge on any atom is 0.422 e. The third-order valence-corrected chi connectivity index (χ3v) is 3.97. The number of amides is 1. The van der Waals surface area contributed by atoms with E-state index in [0.717, 1.165) is 17.0 Å². The van der Waals surface area contributed by atoms with E-state index in [2.05, 4.69) is 4.74 Å². The minimum atomic E-state index is -3.99. The lowest BCUT2D eigenvalue weighted by Crippen LogP contribution is -2.44. The number of carbonyl (C=O) groups is 1. The Morgan fingerprint density at radius 1 is 1.35 bits per heavy atom. The minimum absolute atomic E-state index is 0.244. The number of benzene rings is 1. The molecule has 0 aromatic heterocycles. The van der Waals surface area contributed by atoms with Crippen LogP contribution in [0.25, 0.3) is 0 Å². The van der Waals surface area contributed by atoms with E-state index in [1.807, 2.05) is 11.6 Å². The first-order valence-electron chi connectivity index (χ1n) is 6.12. The normalized spacial score (nSPS) is 10.9. The lowest BCUT2D eigenvalue weighted by Gasteiger charge is -2.23. The highest BCUT2D eigenvalue weighted by Gasteiger charge is 2.24. The number of nitrogens with one attached hydrogen (secondary N) is 1. The maximum atomic E-state index is 12.1. The van der Waals surface area contributed by atoms with Crippen LogP contribution in [0.4, 0.5) is 10.5 Å². The molecule has 1 aromatic carbocycles. The highest BCUT2D eigenvalue weighted by Crippen LogP contribution is 2.18. The molecule has 1 amide bonds. The Labute approximate surface area is 118 Å². The van der Waals surface area contributed by atoms with E-state index in [4.69, 9.17) is 5.73 Å². The molecule has 3 N–H and O–H groups in total. The van der Waals surface area contributed by atoms with Crippen LogP contribution in [0.15, 0.2) is 24.3 Å². The summed E-state index contributed by atoms with van der Waals surface area (Å²) in [6, 6.07) is 6.78. The average Bonchev–Trinajstić information content (AvgIpc) is 2.44. The monoisotopic (exact) mass is 301 g/mol. The van der Waals surface area contributed by atoms with Crippen molar-refractivity contribution in [2.24, 2.45) is 5.73 Å². The van der Waals surface area contributed by atoms with Gasteiger partial charge >= 0.3 is 16.3 Å². The summed E-state index contributed by atoms with van der Waals surface area (Å²) < 4.78 is 31.5. The van der Waals surface area contributed by atoms with Gasteiger partial charge in [-0.15, -0.1) is 0 Å². The van der Waals surface area contributed by atoms with Crippen molar-refractivity contribution in [3.63, 3.8) is 0 Å². The van der Waals surface area contributed by atoms with Crippen molar-refractivity contribution in [2.75, 3.05) is 18.0 Å². The molecule has 0 bridgehead atoms. The lowest BCUT2D eigenvalue weighted by molar-refractivity contribution is 0.177. The van der Waals surface area contributed by atoms with E-state index >= 15 is 0 Å². The van der Waals surface area contributed by atoms with E-state index in [-0.39, 0.29) is 6.54 Å². The fraction of sp³-hybridized carbons (Fsp3) is 0.417. The van der Waals surface area contributed by atoms with Gasteiger partial charge in [0.15, 0.2) is 0 Å². The van der Waals surface area contributed by atoms with E-state index < -0.39 is 16.3 Å². The molecule has 20 heavy (non-hydrogen) atoms. The van der Waals surface area contributed by atoms with Gasteiger partial charge in [-0.25, -0.2) is 9.52 Å². The first kappa shape index (κ1) is 16.3. The molecule has 0 saturated carbocycles. The Morgan fingerprint density at radius 3 is 2.40 bits per heavy atom. The fourth-order valence-electron chi connectivity index (χ4n) is 1.59. The van der Waals surface area contributed by atoms with Crippen LogP contribution in [0.2, 0.25) is 0 Å². The minimum Gasteiger partial charge on any atom is -0.452 e. The van der Waals surface area contributed by atoms with Gasteiger partial charge < -0.3 is 10.5 Å². The lowest BCUT2D eigenvalue weighted by atomic mass is 10.2. The number of rotatable bonds is 6. The van der Waals surface area contributed by atoms with Crippen molar-refractivity contribution in [3.05, 3.63) is 29.8 Å². The molecule has 0 aliphatic carbocycles. The van der Waals surface area contributed by atoms with Crippen LogP contribution >= 0.6 is 0 Å². The smallest absolute Gasteiger partial charge is 0.422 e. The summed E-state index contributed by atoms with van der Waals surface area (Å²) in [6.07, 6.45) is -0.426. The summed E-state index contributed by atoms with van der Waals surface area (Å²) in [5, 5.41) is 0. The van der Waals surface area contributed by atoms with Gasteiger partial charge in [0, 0.05) is 13.1 Å².